The number of benzene rings is 1. The molecule has 0 aliphatic carbocycles. The first-order valence-electron chi connectivity index (χ1n) is 11.6. The minimum Gasteiger partial charge on any atom is -0.497 e. The molecule has 5 nitrogen and oxygen atoms in total. The molecular weight excluding hydrogens is 496 g/mol. The summed E-state index contributed by atoms with van der Waals surface area (Å²) in [5, 5.41) is 1.11. The summed E-state index contributed by atoms with van der Waals surface area (Å²) in [5.41, 5.74) is 5.08. The van der Waals surface area contributed by atoms with E-state index in [1.165, 1.54) is 20.8 Å². The van der Waals surface area contributed by atoms with Gasteiger partial charge in [-0.2, -0.15) is 0 Å². The van der Waals surface area contributed by atoms with Gasteiger partial charge < -0.3 is 9.47 Å². The number of aromatic nitrogens is 1. The van der Waals surface area contributed by atoms with Crippen LogP contribution in [0.15, 0.2) is 40.0 Å². The monoisotopic (exact) mass is 530 g/mol. The minimum absolute atomic E-state index is 0.101. The summed E-state index contributed by atoms with van der Waals surface area (Å²) in [4.78, 5) is 16.0. The molecule has 4 rings (SSSR count). The van der Waals surface area contributed by atoms with E-state index in [2.05, 4.69) is 53.1 Å². The number of hydrogen-bond donors (Lipinski definition) is 0. The Labute approximate surface area is 206 Å². The summed E-state index contributed by atoms with van der Waals surface area (Å²) in [6.07, 6.45) is 1.40. The molecule has 0 radical (unpaired) electrons. The van der Waals surface area contributed by atoms with Crippen molar-refractivity contribution in [2.45, 2.75) is 64.9 Å². The van der Waals surface area contributed by atoms with Gasteiger partial charge in [0.2, 0.25) is 0 Å². The van der Waals surface area contributed by atoms with E-state index in [0.29, 0.717) is 0 Å². The Hall–Kier alpha value is -1.83. The zero-order valence-electron chi connectivity index (χ0n) is 20.8. The number of piperidine rings is 1. The maximum atomic E-state index is 13.6. The number of carbonyl (C=O) groups is 1. The average Bonchev–Trinajstić information content (AvgIpc) is 3.04. The van der Waals surface area contributed by atoms with Crippen molar-refractivity contribution in [3.63, 3.8) is 0 Å². The van der Waals surface area contributed by atoms with Gasteiger partial charge in [-0.1, -0.05) is 42.1 Å². The topological polar surface area (TPSA) is 43.7 Å². The Balaban J connectivity index is 1.93. The van der Waals surface area contributed by atoms with Crippen molar-refractivity contribution >= 4 is 41.0 Å². The van der Waals surface area contributed by atoms with Gasteiger partial charge >= 0.3 is 6.09 Å². The summed E-state index contributed by atoms with van der Waals surface area (Å²) < 4.78 is 14.5. The second-order valence-corrected chi connectivity index (χ2v) is 17.7. The Morgan fingerprint density at radius 3 is 2.55 bits per heavy atom. The van der Waals surface area contributed by atoms with E-state index in [1.807, 2.05) is 37.5 Å². The highest BCUT2D eigenvalue weighted by atomic mass is 79.9. The molecule has 2 aliphatic heterocycles. The molecule has 1 aromatic carbocycles. The van der Waals surface area contributed by atoms with Crippen LogP contribution >= 0.6 is 15.9 Å². The zero-order chi connectivity index (χ0) is 24.3. The molecule has 2 aromatic rings. The quantitative estimate of drug-likeness (QED) is 0.399. The maximum Gasteiger partial charge on any atom is 0.419 e. The summed E-state index contributed by atoms with van der Waals surface area (Å²) in [6.45, 7) is 19.0. The molecule has 7 heteroatoms. The Morgan fingerprint density at radius 1 is 1.24 bits per heavy atom. The van der Waals surface area contributed by atoms with Crippen LogP contribution in [-0.4, -0.2) is 49.4 Å². The number of hydrogen-bond acceptors (Lipinski definition) is 4. The number of rotatable bonds is 2. The van der Waals surface area contributed by atoms with Crippen molar-refractivity contribution in [3.8, 4) is 5.75 Å². The maximum absolute atomic E-state index is 13.6. The lowest BCUT2D eigenvalue weighted by atomic mass is 9.87. The van der Waals surface area contributed by atoms with Crippen molar-refractivity contribution in [1.29, 1.82) is 0 Å². The predicted molar refractivity (Wildman–Crippen MR) is 141 cm³/mol. The summed E-state index contributed by atoms with van der Waals surface area (Å²) >= 11 is 3.94. The third kappa shape index (κ3) is 4.47. The van der Waals surface area contributed by atoms with Crippen molar-refractivity contribution < 1.29 is 14.3 Å². The molecule has 0 amide bonds. The molecule has 0 unspecified atom stereocenters. The van der Waals surface area contributed by atoms with Gasteiger partial charge in [0.1, 0.15) is 11.4 Å². The van der Waals surface area contributed by atoms with Crippen LogP contribution in [0.2, 0.25) is 19.6 Å². The minimum atomic E-state index is -1.55. The van der Waals surface area contributed by atoms with Gasteiger partial charge in [-0.3, -0.25) is 4.90 Å². The van der Waals surface area contributed by atoms with Gasteiger partial charge in [-0.15, -0.1) is 0 Å². The lowest BCUT2D eigenvalue weighted by Crippen LogP contribution is -2.42. The first kappa shape index (κ1) is 24.3. The number of carbonyl (C=O) groups excluding carboxylic acids is 1. The number of fused-ring (bicyclic) bond motifs is 5. The lowest BCUT2D eigenvalue weighted by Gasteiger charge is -2.43. The molecule has 1 atom stereocenters. The number of halogens is 1. The Bertz CT molecular complexity index is 1170. The summed E-state index contributed by atoms with van der Waals surface area (Å²) in [5.74, 6) is 0.734. The van der Waals surface area contributed by atoms with Gasteiger partial charge in [-0.05, 0) is 66.6 Å². The zero-order valence-corrected chi connectivity index (χ0v) is 23.4. The molecule has 0 bridgehead atoms. The fourth-order valence-corrected chi connectivity index (χ4v) is 6.60. The number of ether oxygens (including phenoxy) is 2. The molecule has 1 saturated heterocycles. The molecule has 0 N–H and O–H groups in total. The highest BCUT2D eigenvalue weighted by Crippen LogP contribution is 2.46. The van der Waals surface area contributed by atoms with E-state index >= 15 is 0 Å². The van der Waals surface area contributed by atoms with E-state index in [9.17, 15) is 4.79 Å². The highest BCUT2D eigenvalue weighted by Gasteiger charge is 2.40. The predicted octanol–water partition coefficient (Wildman–Crippen LogP) is 6.82. The molecule has 0 saturated carbocycles. The standard InChI is InChI=1S/C26H35BrN2O3Si/c1-16-15-28-12-11-19-18-10-9-17(31-5)13-21(18)29(25(30)32-26(2,3)4)23(19)22(28)14-20(16)24(27)33(6,7)8/h9-10,13,22H,1,11-12,14-15H2,2-8H3/b24-20+/t22-/m1/s1. The van der Waals surface area contributed by atoms with Crippen molar-refractivity contribution in [3.05, 3.63) is 51.3 Å². The molecule has 33 heavy (non-hydrogen) atoms. The molecule has 0 spiro atoms. The lowest BCUT2D eigenvalue weighted by molar-refractivity contribution is 0.0525. The van der Waals surface area contributed by atoms with Crippen LogP contribution in [0, 0.1) is 0 Å². The fraction of sp³-hybridized carbons (Fsp3) is 0.500. The first-order valence-corrected chi connectivity index (χ1v) is 15.9. The van der Waals surface area contributed by atoms with Crippen LogP contribution in [0.25, 0.3) is 10.9 Å². The van der Waals surface area contributed by atoms with E-state index in [0.717, 1.165) is 48.3 Å². The third-order valence-corrected chi connectivity index (χ3v) is 12.1. The molecular formula is C26H35BrN2O3Si. The molecule has 2 aliphatic rings. The van der Waals surface area contributed by atoms with Crippen LogP contribution in [-0.2, 0) is 11.2 Å². The molecule has 1 fully saturated rings. The van der Waals surface area contributed by atoms with Crippen LogP contribution in [0.1, 0.15) is 44.5 Å². The van der Waals surface area contributed by atoms with Gasteiger partial charge in [0.05, 0.1) is 32.4 Å². The normalized spacial score (nSPS) is 21.0. The highest BCUT2D eigenvalue weighted by molar-refractivity contribution is 9.12. The molecule has 3 heterocycles. The van der Waals surface area contributed by atoms with Gasteiger partial charge in [0, 0.05) is 24.5 Å². The van der Waals surface area contributed by atoms with E-state index in [-0.39, 0.29) is 12.1 Å². The van der Waals surface area contributed by atoms with E-state index < -0.39 is 13.7 Å². The second kappa shape index (κ2) is 8.43. The SMILES string of the molecule is C=C1CN2CCc3c(n(C(=O)OC(C)(C)C)c4cc(OC)ccc34)[C@H]2C/C1=C(/Br)[Si](C)(C)C. The summed E-state index contributed by atoms with van der Waals surface area (Å²) in [6, 6.07) is 6.12. The first-order chi connectivity index (χ1) is 15.3. The van der Waals surface area contributed by atoms with Crippen molar-refractivity contribution in [2.75, 3.05) is 20.2 Å². The van der Waals surface area contributed by atoms with Gasteiger partial charge in [-0.25, -0.2) is 9.36 Å². The van der Waals surface area contributed by atoms with Crippen LogP contribution in [0.5, 0.6) is 5.75 Å². The van der Waals surface area contributed by atoms with E-state index in [1.54, 1.807) is 7.11 Å². The van der Waals surface area contributed by atoms with Gasteiger partial charge in [0.25, 0.3) is 0 Å². The fourth-order valence-electron chi connectivity index (χ4n) is 4.97. The molecule has 178 valence electrons. The smallest absolute Gasteiger partial charge is 0.419 e. The second-order valence-electron chi connectivity index (χ2n) is 11.1. The van der Waals surface area contributed by atoms with Crippen LogP contribution in [0.4, 0.5) is 4.79 Å². The Kier molecular flexibility index (Phi) is 6.21. The Morgan fingerprint density at radius 2 is 1.94 bits per heavy atom. The third-order valence-electron chi connectivity index (χ3n) is 6.44. The summed E-state index contributed by atoms with van der Waals surface area (Å²) in [7, 11) is 0.107. The van der Waals surface area contributed by atoms with E-state index in [4.69, 9.17) is 9.47 Å². The number of methoxy groups -OCH3 is 1. The largest absolute Gasteiger partial charge is 0.497 e. The van der Waals surface area contributed by atoms with Crippen molar-refractivity contribution in [2.24, 2.45) is 0 Å². The molecule has 1 aromatic heterocycles. The van der Waals surface area contributed by atoms with Crippen LogP contribution < -0.4 is 4.74 Å². The number of nitrogens with zero attached hydrogens (tertiary/aromatic N) is 2. The average molecular weight is 532 g/mol. The van der Waals surface area contributed by atoms with Crippen molar-refractivity contribution in [1.82, 2.24) is 9.47 Å². The van der Waals surface area contributed by atoms with Crippen LogP contribution in [0.3, 0.4) is 0 Å². The van der Waals surface area contributed by atoms with Gasteiger partial charge in [0.15, 0.2) is 0 Å².